The Balaban J connectivity index is 1.47. The zero-order chi connectivity index (χ0) is 16.1. The Hall–Kier alpha value is -2.40. The van der Waals surface area contributed by atoms with Crippen LogP contribution in [0.2, 0.25) is 0 Å². The van der Waals surface area contributed by atoms with E-state index >= 15 is 0 Å². The summed E-state index contributed by atoms with van der Waals surface area (Å²) in [4.78, 5) is 5.47. The van der Waals surface area contributed by atoms with Gasteiger partial charge in [-0.3, -0.25) is 0 Å². The number of rotatable bonds is 6. The van der Waals surface area contributed by atoms with Gasteiger partial charge in [0, 0.05) is 12.0 Å². The smallest absolute Gasteiger partial charge is 0.181 e. The lowest BCUT2D eigenvalue weighted by molar-refractivity contribution is -0.676. The Kier molecular flexibility index (Phi) is 4.88. The molecule has 0 bridgehead atoms. The van der Waals surface area contributed by atoms with Crippen molar-refractivity contribution in [3.05, 3.63) is 65.5 Å². The maximum atomic E-state index is 12.9. The lowest BCUT2D eigenvalue weighted by Crippen LogP contribution is -2.84. The van der Waals surface area contributed by atoms with Crippen molar-refractivity contribution in [2.75, 3.05) is 13.7 Å². The van der Waals surface area contributed by atoms with E-state index in [2.05, 4.69) is 16.5 Å². The van der Waals surface area contributed by atoms with Gasteiger partial charge in [0.2, 0.25) is 0 Å². The molecule has 5 heteroatoms. The number of halogens is 1. The molecule has 0 aromatic heterocycles. The second-order valence-corrected chi connectivity index (χ2v) is 5.56. The summed E-state index contributed by atoms with van der Waals surface area (Å²) >= 11 is 0. The molecule has 0 saturated carbocycles. The molecular formula is C18H20FN2O2+. The predicted molar refractivity (Wildman–Crippen MR) is 85.9 cm³/mol. The van der Waals surface area contributed by atoms with Crippen molar-refractivity contribution >= 4 is 5.71 Å². The van der Waals surface area contributed by atoms with Crippen LogP contribution in [0.5, 0.6) is 5.75 Å². The predicted octanol–water partition coefficient (Wildman–Crippen LogP) is 2.09. The van der Waals surface area contributed by atoms with Crippen LogP contribution < -0.4 is 10.1 Å². The molecule has 0 aliphatic carbocycles. The van der Waals surface area contributed by atoms with E-state index in [1.165, 1.54) is 17.7 Å². The minimum absolute atomic E-state index is 0.0562. The van der Waals surface area contributed by atoms with E-state index in [1.54, 1.807) is 19.2 Å². The van der Waals surface area contributed by atoms with Gasteiger partial charge in [0.15, 0.2) is 6.10 Å². The molecule has 1 heterocycles. The Morgan fingerprint density at radius 3 is 2.87 bits per heavy atom. The van der Waals surface area contributed by atoms with E-state index in [1.807, 2.05) is 18.2 Å². The molecular weight excluding hydrogens is 295 g/mol. The molecule has 1 atom stereocenters. The largest absolute Gasteiger partial charge is 0.497 e. The van der Waals surface area contributed by atoms with E-state index < -0.39 is 0 Å². The van der Waals surface area contributed by atoms with Crippen LogP contribution in [-0.2, 0) is 11.4 Å². The van der Waals surface area contributed by atoms with Crippen LogP contribution in [0, 0.1) is 5.82 Å². The van der Waals surface area contributed by atoms with Gasteiger partial charge in [0.25, 0.3) is 0 Å². The zero-order valence-corrected chi connectivity index (χ0v) is 13.0. The molecule has 2 aromatic rings. The number of hydrogen-bond acceptors (Lipinski definition) is 3. The number of oxime groups is 1. The average Bonchev–Trinajstić information content (AvgIpc) is 3.04. The fraction of sp³-hybridized carbons (Fsp3) is 0.278. The van der Waals surface area contributed by atoms with Crippen LogP contribution in [0.1, 0.15) is 17.5 Å². The Bertz CT molecular complexity index is 686. The normalized spacial score (nSPS) is 16.8. The summed E-state index contributed by atoms with van der Waals surface area (Å²) in [5.74, 6) is 0.631. The SMILES string of the molecule is COc1cccc(C[NH2+]C[C@@H]2CC(c3ccc(F)cc3)=NO2)c1. The van der Waals surface area contributed by atoms with Crippen LogP contribution in [0.25, 0.3) is 0 Å². The highest BCUT2D eigenvalue weighted by atomic mass is 19.1. The monoisotopic (exact) mass is 315 g/mol. The van der Waals surface area contributed by atoms with Gasteiger partial charge in [-0.05, 0) is 29.8 Å². The van der Waals surface area contributed by atoms with Crippen LogP contribution in [0.4, 0.5) is 4.39 Å². The van der Waals surface area contributed by atoms with Crippen molar-refractivity contribution in [3.63, 3.8) is 0 Å². The van der Waals surface area contributed by atoms with Crippen LogP contribution in [-0.4, -0.2) is 25.5 Å². The summed E-state index contributed by atoms with van der Waals surface area (Å²) in [5, 5.41) is 6.32. The number of benzene rings is 2. The van der Waals surface area contributed by atoms with Gasteiger partial charge in [-0.15, -0.1) is 0 Å². The van der Waals surface area contributed by atoms with Crippen molar-refractivity contribution in [1.82, 2.24) is 0 Å². The number of nitrogens with zero attached hydrogens (tertiary/aromatic N) is 1. The lowest BCUT2D eigenvalue weighted by Gasteiger charge is -2.08. The molecule has 2 N–H and O–H groups in total. The summed E-state index contributed by atoms with van der Waals surface area (Å²) in [6.07, 6.45) is 0.806. The fourth-order valence-electron chi connectivity index (χ4n) is 2.60. The summed E-state index contributed by atoms with van der Waals surface area (Å²) in [5.41, 5.74) is 3.01. The van der Waals surface area contributed by atoms with Gasteiger partial charge in [-0.1, -0.05) is 29.4 Å². The molecule has 0 unspecified atom stereocenters. The van der Waals surface area contributed by atoms with Crippen molar-refractivity contribution in [2.24, 2.45) is 5.16 Å². The molecule has 4 nitrogen and oxygen atoms in total. The molecule has 2 aromatic carbocycles. The molecule has 120 valence electrons. The minimum atomic E-state index is -0.239. The fourth-order valence-corrected chi connectivity index (χ4v) is 2.60. The summed E-state index contributed by atoms with van der Waals surface area (Å²) < 4.78 is 18.2. The van der Waals surface area contributed by atoms with Gasteiger partial charge < -0.3 is 14.9 Å². The lowest BCUT2D eigenvalue weighted by atomic mass is 10.0. The maximum absolute atomic E-state index is 12.9. The Labute approximate surface area is 134 Å². The first-order valence-electron chi connectivity index (χ1n) is 7.68. The number of nitrogens with two attached hydrogens (primary N) is 1. The van der Waals surface area contributed by atoms with Gasteiger partial charge in [0.1, 0.15) is 24.7 Å². The van der Waals surface area contributed by atoms with Crippen molar-refractivity contribution < 1.29 is 19.3 Å². The van der Waals surface area contributed by atoms with E-state index in [-0.39, 0.29) is 11.9 Å². The van der Waals surface area contributed by atoms with Gasteiger partial charge in [-0.2, -0.15) is 0 Å². The van der Waals surface area contributed by atoms with Crippen molar-refractivity contribution in [3.8, 4) is 5.75 Å². The third-order valence-corrected chi connectivity index (χ3v) is 3.85. The molecule has 3 rings (SSSR count). The number of hydrogen-bond donors (Lipinski definition) is 1. The first-order chi connectivity index (χ1) is 11.2. The molecule has 0 fully saturated rings. The highest BCUT2D eigenvalue weighted by molar-refractivity contribution is 6.01. The summed E-state index contributed by atoms with van der Waals surface area (Å²) in [7, 11) is 1.67. The standard InChI is InChI=1S/C18H19FN2O2/c1-22-16-4-2-3-13(9-16)11-20-12-17-10-18(21-23-17)14-5-7-15(19)8-6-14/h2-9,17,20H,10-12H2,1H3/p+1/t17-/m0/s1. The Morgan fingerprint density at radius 2 is 2.09 bits per heavy atom. The zero-order valence-electron chi connectivity index (χ0n) is 13.0. The first-order valence-corrected chi connectivity index (χ1v) is 7.68. The van der Waals surface area contributed by atoms with Gasteiger partial charge in [-0.25, -0.2) is 4.39 Å². The summed E-state index contributed by atoms with van der Waals surface area (Å²) in [6, 6.07) is 14.4. The van der Waals surface area contributed by atoms with Crippen LogP contribution in [0.15, 0.2) is 53.7 Å². The minimum Gasteiger partial charge on any atom is -0.497 e. The third-order valence-electron chi connectivity index (χ3n) is 3.85. The molecule has 0 spiro atoms. The van der Waals surface area contributed by atoms with E-state index in [0.29, 0.717) is 0 Å². The molecule has 1 aliphatic heterocycles. The topological polar surface area (TPSA) is 47.4 Å². The number of quaternary nitrogens is 1. The number of methoxy groups -OCH3 is 1. The second kappa shape index (κ2) is 7.24. The summed E-state index contributed by atoms with van der Waals surface area (Å²) in [6.45, 7) is 1.69. The van der Waals surface area contributed by atoms with E-state index in [0.717, 1.165) is 36.5 Å². The highest BCUT2D eigenvalue weighted by Crippen LogP contribution is 2.16. The van der Waals surface area contributed by atoms with Gasteiger partial charge >= 0.3 is 0 Å². The first kappa shape index (κ1) is 15.5. The average molecular weight is 315 g/mol. The van der Waals surface area contributed by atoms with E-state index in [9.17, 15) is 4.39 Å². The maximum Gasteiger partial charge on any atom is 0.181 e. The molecule has 1 aliphatic rings. The molecule has 0 saturated heterocycles. The molecule has 23 heavy (non-hydrogen) atoms. The van der Waals surface area contributed by atoms with E-state index in [4.69, 9.17) is 9.57 Å². The molecule has 0 amide bonds. The third kappa shape index (κ3) is 4.07. The quantitative estimate of drug-likeness (QED) is 0.887. The van der Waals surface area contributed by atoms with Crippen molar-refractivity contribution in [1.29, 1.82) is 0 Å². The Morgan fingerprint density at radius 1 is 1.26 bits per heavy atom. The number of ether oxygens (including phenoxy) is 1. The second-order valence-electron chi connectivity index (χ2n) is 5.56. The van der Waals surface area contributed by atoms with Crippen molar-refractivity contribution in [2.45, 2.75) is 19.1 Å². The molecule has 0 radical (unpaired) electrons. The van der Waals surface area contributed by atoms with Crippen LogP contribution >= 0.6 is 0 Å². The van der Waals surface area contributed by atoms with Gasteiger partial charge in [0.05, 0.1) is 12.8 Å². The highest BCUT2D eigenvalue weighted by Gasteiger charge is 2.23. The van der Waals surface area contributed by atoms with Crippen LogP contribution in [0.3, 0.4) is 0 Å².